The molecule has 0 aliphatic carbocycles. The standard InChI is InChI=1S/C20H16N4.ClH/c1-14-7-2-4-10-17(14)22-20-16-9-3-5-11-18(16)23-19(24-20)15-8-6-12-21-13-15;/h2-13H,1H3,(H,22,23,24);1H. The molecule has 25 heavy (non-hydrogen) atoms. The van der Waals surface area contributed by atoms with Gasteiger partial charge in [-0.3, -0.25) is 4.98 Å². The molecule has 2 aromatic carbocycles. The van der Waals surface area contributed by atoms with Crippen molar-refractivity contribution >= 4 is 34.8 Å². The molecule has 0 spiro atoms. The van der Waals surface area contributed by atoms with Gasteiger partial charge in [-0.1, -0.05) is 30.3 Å². The third-order valence-corrected chi connectivity index (χ3v) is 3.92. The first kappa shape index (κ1) is 16.9. The number of aryl methyl sites for hydroxylation is 1. The highest BCUT2D eigenvalue weighted by molar-refractivity contribution is 5.92. The van der Waals surface area contributed by atoms with Crippen molar-refractivity contribution in [3.63, 3.8) is 0 Å². The molecule has 124 valence electrons. The summed E-state index contributed by atoms with van der Waals surface area (Å²) in [6.45, 7) is 2.08. The van der Waals surface area contributed by atoms with Crippen molar-refractivity contribution in [1.82, 2.24) is 15.0 Å². The lowest BCUT2D eigenvalue weighted by atomic mass is 10.1. The molecule has 0 radical (unpaired) electrons. The number of anilines is 2. The molecule has 5 heteroatoms. The molecule has 1 N–H and O–H groups in total. The number of hydrogen-bond donors (Lipinski definition) is 1. The first-order chi connectivity index (χ1) is 11.8. The van der Waals surface area contributed by atoms with Crippen LogP contribution in [0.4, 0.5) is 11.5 Å². The van der Waals surface area contributed by atoms with Crippen molar-refractivity contribution in [2.24, 2.45) is 0 Å². The number of pyridine rings is 1. The van der Waals surface area contributed by atoms with E-state index in [4.69, 9.17) is 4.98 Å². The smallest absolute Gasteiger partial charge is 0.163 e. The Morgan fingerprint density at radius 3 is 2.44 bits per heavy atom. The molecule has 4 nitrogen and oxygen atoms in total. The largest absolute Gasteiger partial charge is 0.339 e. The number of para-hydroxylation sites is 2. The summed E-state index contributed by atoms with van der Waals surface area (Å²) in [6.07, 6.45) is 3.53. The molecule has 0 aliphatic heterocycles. The Labute approximate surface area is 152 Å². The maximum absolute atomic E-state index is 4.75. The number of benzene rings is 2. The minimum atomic E-state index is 0. The van der Waals surface area contributed by atoms with Gasteiger partial charge in [0.15, 0.2) is 5.82 Å². The number of hydrogen-bond acceptors (Lipinski definition) is 4. The van der Waals surface area contributed by atoms with Crippen LogP contribution in [0.2, 0.25) is 0 Å². The molecule has 2 aromatic heterocycles. The van der Waals surface area contributed by atoms with Crippen molar-refractivity contribution in [3.8, 4) is 11.4 Å². The Kier molecular flexibility index (Phi) is 4.91. The Bertz CT molecular complexity index is 1000. The van der Waals surface area contributed by atoms with E-state index in [9.17, 15) is 0 Å². The Hall–Kier alpha value is -2.98. The normalized spacial score (nSPS) is 10.3. The number of aromatic nitrogens is 3. The second-order valence-electron chi connectivity index (χ2n) is 5.59. The van der Waals surface area contributed by atoms with E-state index in [1.54, 1.807) is 12.4 Å². The topological polar surface area (TPSA) is 50.7 Å². The van der Waals surface area contributed by atoms with Crippen LogP contribution in [0.3, 0.4) is 0 Å². The van der Waals surface area contributed by atoms with Crippen molar-refractivity contribution in [2.45, 2.75) is 6.92 Å². The van der Waals surface area contributed by atoms with E-state index < -0.39 is 0 Å². The molecular formula is C20H17ClN4. The molecule has 4 aromatic rings. The Morgan fingerprint density at radius 2 is 1.64 bits per heavy atom. The van der Waals surface area contributed by atoms with Gasteiger partial charge in [-0.2, -0.15) is 0 Å². The van der Waals surface area contributed by atoms with E-state index >= 15 is 0 Å². The summed E-state index contributed by atoms with van der Waals surface area (Å²) in [5.41, 5.74) is 4.01. The van der Waals surface area contributed by atoms with Crippen LogP contribution in [0.15, 0.2) is 73.1 Å². The summed E-state index contributed by atoms with van der Waals surface area (Å²) in [7, 11) is 0. The van der Waals surface area contributed by atoms with Crippen LogP contribution in [0.1, 0.15) is 5.56 Å². The summed E-state index contributed by atoms with van der Waals surface area (Å²) in [5.74, 6) is 1.46. The lowest BCUT2D eigenvalue weighted by Gasteiger charge is -2.12. The molecule has 0 unspecified atom stereocenters. The maximum Gasteiger partial charge on any atom is 0.163 e. The summed E-state index contributed by atoms with van der Waals surface area (Å²) in [4.78, 5) is 13.6. The maximum atomic E-state index is 4.75. The van der Waals surface area contributed by atoms with E-state index in [-0.39, 0.29) is 12.4 Å². The molecule has 0 fully saturated rings. The SMILES string of the molecule is Cc1ccccc1Nc1nc(-c2cccnc2)nc2ccccc12.Cl. The number of nitrogens with zero attached hydrogens (tertiary/aromatic N) is 3. The molecule has 0 bridgehead atoms. The zero-order valence-corrected chi connectivity index (χ0v) is 14.5. The van der Waals surface area contributed by atoms with Crippen molar-refractivity contribution in [2.75, 3.05) is 5.32 Å². The predicted octanol–water partition coefficient (Wildman–Crippen LogP) is 5.17. The van der Waals surface area contributed by atoms with E-state index in [0.717, 1.165) is 28.0 Å². The third kappa shape index (κ3) is 3.44. The molecule has 0 amide bonds. The lowest BCUT2D eigenvalue weighted by Crippen LogP contribution is -2.00. The minimum Gasteiger partial charge on any atom is -0.339 e. The summed E-state index contributed by atoms with van der Waals surface area (Å²) in [6, 6.07) is 20.0. The minimum absolute atomic E-state index is 0. The molecule has 4 rings (SSSR count). The van der Waals surface area contributed by atoms with Gasteiger partial charge in [0.2, 0.25) is 0 Å². The van der Waals surface area contributed by atoms with Crippen LogP contribution in [0.5, 0.6) is 0 Å². The molecule has 0 saturated carbocycles. The second-order valence-corrected chi connectivity index (χ2v) is 5.59. The third-order valence-electron chi connectivity index (χ3n) is 3.92. The van der Waals surface area contributed by atoms with Gasteiger partial charge in [-0.15, -0.1) is 12.4 Å². The number of rotatable bonds is 3. The summed E-state index contributed by atoms with van der Waals surface area (Å²) in [5, 5.41) is 4.45. The van der Waals surface area contributed by atoms with Crippen LogP contribution in [-0.2, 0) is 0 Å². The van der Waals surface area contributed by atoms with Gasteiger partial charge in [0.25, 0.3) is 0 Å². The van der Waals surface area contributed by atoms with Crippen molar-refractivity contribution in [1.29, 1.82) is 0 Å². The average molecular weight is 349 g/mol. The fraction of sp³-hybridized carbons (Fsp3) is 0.0500. The number of nitrogens with one attached hydrogen (secondary N) is 1. The Morgan fingerprint density at radius 1 is 0.840 bits per heavy atom. The summed E-state index contributed by atoms with van der Waals surface area (Å²) >= 11 is 0. The van der Waals surface area contributed by atoms with E-state index in [1.807, 2.05) is 48.5 Å². The van der Waals surface area contributed by atoms with Crippen LogP contribution >= 0.6 is 12.4 Å². The van der Waals surface area contributed by atoms with Crippen LogP contribution in [-0.4, -0.2) is 15.0 Å². The van der Waals surface area contributed by atoms with Crippen molar-refractivity contribution < 1.29 is 0 Å². The summed E-state index contributed by atoms with van der Waals surface area (Å²) < 4.78 is 0. The molecule has 0 saturated heterocycles. The van der Waals surface area contributed by atoms with E-state index in [0.29, 0.717) is 5.82 Å². The fourth-order valence-corrected chi connectivity index (χ4v) is 2.64. The van der Waals surface area contributed by atoms with Crippen molar-refractivity contribution in [3.05, 3.63) is 78.6 Å². The van der Waals surface area contributed by atoms with Gasteiger partial charge in [-0.25, -0.2) is 9.97 Å². The van der Waals surface area contributed by atoms with Gasteiger partial charge in [-0.05, 0) is 42.8 Å². The fourth-order valence-electron chi connectivity index (χ4n) is 2.64. The monoisotopic (exact) mass is 348 g/mol. The first-order valence-electron chi connectivity index (χ1n) is 7.81. The highest BCUT2D eigenvalue weighted by Gasteiger charge is 2.10. The number of fused-ring (bicyclic) bond motifs is 1. The van der Waals surface area contributed by atoms with Gasteiger partial charge < -0.3 is 5.32 Å². The number of halogens is 1. The molecule has 0 aliphatic rings. The van der Waals surface area contributed by atoms with Gasteiger partial charge >= 0.3 is 0 Å². The van der Waals surface area contributed by atoms with Gasteiger partial charge in [0, 0.05) is 29.0 Å². The average Bonchev–Trinajstić information content (AvgIpc) is 2.64. The zero-order valence-electron chi connectivity index (χ0n) is 13.7. The highest BCUT2D eigenvalue weighted by Crippen LogP contribution is 2.28. The predicted molar refractivity (Wildman–Crippen MR) is 104 cm³/mol. The lowest BCUT2D eigenvalue weighted by molar-refractivity contribution is 1.20. The first-order valence-corrected chi connectivity index (χ1v) is 7.81. The van der Waals surface area contributed by atoms with Gasteiger partial charge in [0.05, 0.1) is 5.52 Å². The zero-order chi connectivity index (χ0) is 16.4. The molecular weight excluding hydrogens is 332 g/mol. The van der Waals surface area contributed by atoms with E-state index in [2.05, 4.69) is 34.3 Å². The van der Waals surface area contributed by atoms with Crippen LogP contribution < -0.4 is 5.32 Å². The van der Waals surface area contributed by atoms with Crippen LogP contribution in [0.25, 0.3) is 22.3 Å². The molecule has 0 atom stereocenters. The second kappa shape index (κ2) is 7.28. The Balaban J connectivity index is 0.00000182. The van der Waals surface area contributed by atoms with Gasteiger partial charge in [0.1, 0.15) is 5.82 Å². The van der Waals surface area contributed by atoms with Crippen LogP contribution in [0, 0.1) is 6.92 Å². The van der Waals surface area contributed by atoms with E-state index in [1.165, 1.54) is 5.56 Å². The quantitative estimate of drug-likeness (QED) is 0.555. The molecule has 2 heterocycles. The highest BCUT2D eigenvalue weighted by atomic mass is 35.5.